The Morgan fingerprint density at radius 1 is 1.47 bits per heavy atom. The Hall–Kier alpha value is -1.13. The van der Waals surface area contributed by atoms with Gasteiger partial charge < -0.3 is 15.0 Å². The fourth-order valence-corrected chi connectivity index (χ4v) is 2.58. The minimum Gasteiger partial charge on any atom is -0.377 e. The van der Waals surface area contributed by atoms with Crippen molar-refractivity contribution in [1.82, 2.24) is 10.3 Å². The summed E-state index contributed by atoms with van der Waals surface area (Å²) in [5.74, 6) is 1.13. The number of anilines is 1. The van der Waals surface area contributed by atoms with Gasteiger partial charge in [0.25, 0.3) is 0 Å². The normalized spacial score (nSPS) is 24.3. The number of hydrogen-bond donors (Lipinski definition) is 1. The van der Waals surface area contributed by atoms with Gasteiger partial charge in [0.1, 0.15) is 5.82 Å². The van der Waals surface area contributed by atoms with Gasteiger partial charge in [0, 0.05) is 44.0 Å². The van der Waals surface area contributed by atoms with Gasteiger partial charge in [-0.2, -0.15) is 0 Å². The lowest BCUT2D eigenvalue weighted by atomic mass is 10.2. The predicted molar refractivity (Wildman–Crippen MR) is 76.3 cm³/mol. The SMILES string of the molecule is CC1CN(c2ncccc2CNC2CC2)CCCO1. The van der Waals surface area contributed by atoms with Crippen molar-refractivity contribution in [2.24, 2.45) is 0 Å². The molecule has 1 aromatic heterocycles. The molecule has 1 unspecified atom stereocenters. The molecular weight excluding hydrogens is 238 g/mol. The van der Waals surface area contributed by atoms with Gasteiger partial charge in [-0.1, -0.05) is 6.07 Å². The van der Waals surface area contributed by atoms with Crippen molar-refractivity contribution in [3.05, 3.63) is 23.9 Å². The molecule has 4 heteroatoms. The van der Waals surface area contributed by atoms with Gasteiger partial charge in [0.2, 0.25) is 0 Å². The molecule has 4 nitrogen and oxygen atoms in total. The first kappa shape index (κ1) is 12.9. The molecule has 1 aliphatic heterocycles. The summed E-state index contributed by atoms with van der Waals surface area (Å²) in [7, 11) is 0. The van der Waals surface area contributed by atoms with E-state index in [4.69, 9.17) is 4.74 Å². The zero-order valence-electron chi connectivity index (χ0n) is 11.6. The highest BCUT2D eigenvalue weighted by molar-refractivity contribution is 5.47. The minimum atomic E-state index is 0.286. The summed E-state index contributed by atoms with van der Waals surface area (Å²) in [6, 6.07) is 4.96. The molecule has 0 amide bonds. The zero-order valence-corrected chi connectivity index (χ0v) is 11.6. The van der Waals surface area contributed by atoms with Crippen molar-refractivity contribution in [3.63, 3.8) is 0 Å². The van der Waals surface area contributed by atoms with E-state index in [1.165, 1.54) is 18.4 Å². The molecule has 1 N–H and O–H groups in total. The summed E-state index contributed by atoms with van der Waals surface area (Å²) in [6.45, 7) is 5.91. The van der Waals surface area contributed by atoms with Crippen LogP contribution in [0.25, 0.3) is 0 Å². The van der Waals surface area contributed by atoms with E-state index in [-0.39, 0.29) is 6.10 Å². The van der Waals surface area contributed by atoms with Crippen molar-refractivity contribution in [1.29, 1.82) is 0 Å². The maximum absolute atomic E-state index is 5.72. The van der Waals surface area contributed by atoms with Crippen LogP contribution in [0.3, 0.4) is 0 Å². The van der Waals surface area contributed by atoms with Gasteiger partial charge in [-0.25, -0.2) is 4.98 Å². The highest BCUT2D eigenvalue weighted by Gasteiger charge is 2.22. The fourth-order valence-electron chi connectivity index (χ4n) is 2.58. The second-order valence-electron chi connectivity index (χ2n) is 5.62. The van der Waals surface area contributed by atoms with Crippen LogP contribution in [0.4, 0.5) is 5.82 Å². The molecule has 1 saturated carbocycles. The molecule has 3 rings (SSSR count). The molecule has 0 bridgehead atoms. The summed E-state index contributed by atoms with van der Waals surface area (Å²) in [5.41, 5.74) is 1.31. The van der Waals surface area contributed by atoms with Crippen LogP contribution in [-0.2, 0) is 11.3 Å². The summed E-state index contributed by atoms with van der Waals surface area (Å²) >= 11 is 0. The highest BCUT2D eigenvalue weighted by atomic mass is 16.5. The number of hydrogen-bond acceptors (Lipinski definition) is 4. The van der Waals surface area contributed by atoms with Crippen LogP contribution in [0.5, 0.6) is 0 Å². The minimum absolute atomic E-state index is 0.286. The van der Waals surface area contributed by atoms with Crippen LogP contribution < -0.4 is 10.2 Å². The summed E-state index contributed by atoms with van der Waals surface area (Å²) in [4.78, 5) is 6.98. The third-order valence-electron chi connectivity index (χ3n) is 3.78. The molecule has 19 heavy (non-hydrogen) atoms. The van der Waals surface area contributed by atoms with Crippen LogP contribution in [0.1, 0.15) is 31.7 Å². The highest BCUT2D eigenvalue weighted by Crippen LogP contribution is 2.23. The second kappa shape index (κ2) is 5.88. The molecule has 1 aromatic rings. The van der Waals surface area contributed by atoms with Gasteiger partial charge in [-0.3, -0.25) is 0 Å². The smallest absolute Gasteiger partial charge is 0.133 e. The fraction of sp³-hybridized carbons (Fsp3) is 0.667. The van der Waals surface area contributed by atoms with Gasteiger partial charge in [0.15, 0.2) is 0 Å². The van der Waals surface area contributed by atoms with Crippen molar-refractivity contribution in [2.75, 3.05) is 24.6 Å². The maximum atomic E-state index is 5.72. The average Bonchev–Trinajstić information content (AvgIpc) is 3.24. The van der Waals surface area contributed by atoms with Crippen LogP contribution in [0.2, 0.25) is 0 Å². The quantitative estimate of drug-likeness (QED) is 0.899. The molecule has 104 valence electrons. The van der Waals surface area contributed by atoms with Gasteiger partial charge >= 0.3 is 0 Å². The molecule has 1 atom stereocenters. The van der Waals surface area contributed by atoms with Crippen molar-refractivity contribution < 1.29 is 4.74 Å². The van der Waals surface area contributed by atoms with Gasteiger partial charge in [-0.15, -0.1) is 0 Å². The van der Waals surface area contributed by atoms with E-state index in [2.05, 4.69) is 28.2 Å². The summed E-state index contributed by atoms with van der Waals surface area (Å²) < 4.78 is 5.72. The summed E-state index contributed by atoms with van der Waals surface area (Å²) in [5, 5.41) is 3.58. The molecule has 1 aliphatic carbocycles. The monoisotopic (exact) mass is 261 g/mol. The molecular formula is C15H23N3O. The first-order valence-electron chi connectivity index (χ1n) is 7.37. The first-order valence-corrected chi connectivity index (χ1v) is 7.37. The number of pyridine rings is 1. The van der Waals surface area contributed by atoms with E-state index >= 15 is 0 Å². The molecule has 0 spiro atoms. The van der Waals surface area contributed by atoms with E-state index in [0.717, 1.165) is 44.5 Å². The molecule has 2 heterocycles. The third-order valence-corrected chi connectivity index (χ3v) is 3.78. The molecule has 2 fully saturated rings. The maximum Gasteiger partial charge on any atom is 0.133 e. The first-order chi connectivity index (χ1) is 9.33. The topological polar surface area (TPSA) is 37.4 Å². The standard InChI is InChI=1S/C15H23N3O/c1-12-11-18(8-3-9-19-12)15-13(4-2-7-16-15)10-17-14-5-6-14/h2,4,7,12,14,17H,3,5-6,8-11H2,1H3. The molecule has 0 radical (unpaired) electrons. The molecule has 0 aromatic carbocycles. The van der Waals surface area contributed by atoms with Gasteiger partial charge in [-0.05, 0) is 32.3 Å². The Morgan fingerprint density at radius 2 is 2.37 bits per heavy atom. The Balaban J connectivity index is 1.73. The number of ether oxygens (including phenoxy) is 1. The number of rotatable bonds is 4. The lowest BCUT2D eigenvalue weighted by Gasteiger charge is -2.25. The van der Waals surface area contributed by atoms with Crippen molar-refractivity contribution in [2.45, 2.75) is 44.9 Å². The molecule has 2 aliphatic rings. The number of nitrogens with zero attached hydrogens (tertiary/aromatic N) is 2. The number of aromatic nitrogens is 1. The largest absolute Gasteiger partial charge is 0.377 e. The zero-order chi connectivity index (χ0) is 13.1. The lowest BCUT2D eigenvalue weighted by Crippen LogP contribution is -2.32. The van der Waals surface area contributed by atoms with Crippen LogP contribution >= 0.6 is 0 Å². The van der Waals surface area contributed by atoms with E-state index in [1.54, 1.807) is 0 Å². The van der Waals surface area contributed by atoms with E-state index in [9.17, 15) is 0 Å². The second-order valence-corrected chi connectivity index (χ2v) is 5.62. The Morgan fingerprint density at radius 3 is 3.21 bits per heavy atom. The predicted octanol–water partition coefficient (Wildman–Crippen LogP) is 1.95. The van der Waals surface area contributed by atoms with Crippen molar-refractivity contribution in [3.8, 4) is 0 Å². The summed E-state index contributed by atoms with van der Waals surface area (Å²) in [6.07, 6.45) is 5.91. The third kappa shape index (κ3) is 3.45. The molecule has 1 saturated heterocycles. The number of nitrogens with one attached hydrogen (secondary N) is 1. The van der Waals surface area contributed by atoms with Crippen LogP contribution in [-0.4, -0.2) is 36.8 Å². The average molecular weight is 261 g/mol. The van der Waals surface area contributed by atoms with E-state index in [1.807, 2.05) is 12.3 Å². The van der Waals surface area contributed by atoms with Crippen molar-refractivity contribution >= 4 is 5.82 Å². The Bertz CT molecular complexity index is 420. The van der Waals surface area contributed by atoms with Crippen LogP contribution in [0, 0.1) is 0 Å². The van der Waals surface area contributed by atoms with Gasteiger partial charge in [0.05, 0.1) is 6.10 Å². The van der Waals surface area contributed by atoms with Crippen LogP contribution in [0.15, 0.2) is 18.3 Å². The Labute approximate surface area is 115 Å². The van der Waals surface area contributed by atoms with E-state index < -0.39 is 0 Å². The Kier molecular flexibility index (Phi) is 3.99. The van der Waals surface area contributed by atoms with E-state index in [0.29, 0.717) is 0 Å². The lowest BCUT2D eigenvalue weighted by molar-refractivity contribution is 0.0820.